The van der Waals surface area contributed by atoms with Gasteiger partial charge in [0.1, 0.15) is 17.5 Å². The zero-order valence-electron chi connectivity index (χ0n) is 20.6. The summed E-state index contributed by atoms with van der Waals surface area (Å²) >= 11 is 0. The molecule has 1 atom stereocenters. The predicted octanol–water partition coefficient (Wildman–Crippen LogP) is 2.09. The third-order valence-corrected chi connectivity index (χ3v) is 7.11. The Morgan fingerprint density at radius 3 is 2.00 bits per heavy atom. The summed E-state index contributed by atoms with van der Waals surface area (Å²) in [5.74, 6) is -0.410. The van der Waals surface area contributed by atoms with Gasteiger partial charge in [0.2, 0.25) is 10.0 Å². The number of anilines is 1. The monoisotopic (exact) mass is 559 g/mol. The van der Waals surface area contributed by atoms with Crippen molar-refractivity contribution in [2.45, 2.75) is 12.2 Å². The quantitative estimate of drug-likeness (QED) is 0.334. The summed E-state index contributed by atoms with van der Waals surface area (Å²) in [4.78, 5) is 27.6. The Morgan fingerprint density at radius 2 is 1.55 bits per heavy atom. The van der Waals surface area contributed by atoms with Crippen LogP contribution in [-0.2, 0) is 21.0 Å². The number of nitrogens with one attached hydrogen (secondary N) is 2. The molecule has 0 aromatic heterocycles. The topological polar surface area (TPSA) is 132 Å². The lowest BCUT2D eigenvalue weighted by Gasteiger charge is -2.39. The summed E-state index contributed by atoms with van der Waals surface area (Å²) in [6.07, 6.45) is -3.51. The van der Waals surface area contributed by atoms with E-state index < -0.39 is 33.7 Å². The summed E-state index contributed by atoms with van der Waals surface area (Å²) in [5, 5.41) is 11.8. The van der Waals surface area contributed by atoms with E-state index in [1.807, 2.05) is 0 Å². The van der Waals surface area contributed by atoms with Crippen molar-refractivity contribution >= 4 is 27.6 Å². The molecule has 3 rings (SSSR count). The van der Waals surface area contributed by atoms with Gasteiger partial charge in [-0.3, -0.25) is 19.2 Å². The second-order valence-corrected chi connectivity index (χ2v) is 10.4. The van der Waals surface area contributed by atoms with Crippen LogP contribution in [0.5, 0.6) is 11.5 Å². The second kappa shape index (κ2) is 11.9. The summed E-state index contributed by atoms with van der Waals surface area (Å²) in [5.41, 5.74) is 0.962. The van der Waals surface area contributed by atoms with Gasteiger partial charge < -0.3 is 15.0 Å². The van der Waals surface area contributed by atoms with E-state index in [4.69, 9.17) is 4.74 Å². The number of hydrogen-bond acceptors (Lipinski definition) is 7. The zero-order chi connectivity index (χ0) is 28.1. The molecular weight excluding hydrogens is 531 g/mol. The van der Waals surface area contributed by atoms with E-state index in [-0.39, 0.29) is 42.9 Å². The first-order chi connectivity index (χ1) is 17.8. The number of carbonyl (C=O) groups excluding carboxylic acids is 2. The third-order valence-electron chi connectivity index (χ3n) is 5.95. The minimum atomic E-state index is -4.47. The number of benzene rings is 2. The summed E-state index contributed by atoms with van der Waals surface area (Å²) in [6.45, 7) is 0.795. The van der Waals surface area contributed by atoms with Crippen LogP contribution < -0.4 is 19.8 Å². The summed E-state index contributed by atoms with van der Waals surface area (Å²) in [6, 6.07) is 8.50. The first-order valence-electron chi connectivity index (χ1n) is 11.4. The predicted molar refractivity (Wildman–Crippen MR) is 131 cm³/mol. The van der Waals surface area contributed by atoms with E-state index in [1.54, 1.807) is 15.3 Å². The van der Waals surface area contributed by atoms with Gasteiger partial charge in [-0.1, -0.05) is 0 Å². The lowest BCUT2D eigenvalue weighted by Crippen LogP contribution is -2.60. The van der Waals surface area contributed by atoms with Crippen LogP contribution in [0.4, 0.5) is 23.7 Å². The Hall–Kier alpha value is -3.56. The number of hydroxylamine groups is 1. The van der Waals surface area contributed by atoms with Gasteiger partial charge >= 0.3 is 12.2 Å². The van der Waals surface area contributed by atoms with Gasteiger partial charge in [-0.25, -0.2) is 18.7 Å². The van der Waals surface area contributed by atoms with Crippen molar-refractivity contribution in [2.75, 3.05) is 50.3 Å². The van der Waals surface area contributed by atoms with Gasteiger partial charge in [0.15, 0.2) is 0 Å². The maximum atomic E-state index is 12.8. The van der Waals surface area contributed by atoms with Crippen molar-refractivity contribution in [2.24, 2.45) is 0 Å². The van der Waals surface area contributed by atoms with Crippen LogP contribution >= 0.6 is 0 Å². The van der Waals surface area contributed by atoms with E-state index in [0.29, 0.717) is 13.1 Å². The molecule has 0 unspecified atom stereocenters. The van der Waals surface area contributed by atoms with Gasteiger partial charge in [-0.05, 0) is 48.5 Å². The van der Waals surface area contributed by atoms with Crippen LogP contribution in [0.1, 0.15) is 5.56 Å². The summed E-state index contributed by atoms with van der Waals surface area (Å²) in [7, 11) is -2.39. The molecular formula is C23H28F3N5O6S. The number of hydrogen-bond donors (Lipinski definition) is 3. The Balaban J connectivity index is 1.76. The van der Waals surface area contributed by atoms with Crippen molar-refractivity contribution in [1.29, 1.82) is 0 Å². The molecule has 208 valence electrons. The number of halogens is 3. The molecule has 1 saturated heterocycles. The van der Waals surface area contributed by atoms with Crippen LogP contribution in [0.3, 0.4) is 0 Å². The number of carbonyl (C=O) groups is 2. The van der Waals surface area contributed by atoms with Gasteiger partial charge in [-0.15, -0.1) is 0 Å². The highest BCUT2D eigenvalue weighted by molar-refractivity contribution is 7.92. The largest absolute Gasteiger partial charge is 0.457 e. The Labute approximate surface area is 217 Å². The minimum Gasteiger partial charge on any atom is -0.457 e. The molecule has 2 aromatic carbocycles. The number of sulfonamides is 1. The van der Waals surface area contributed by atoms with Gasteiger partial charge in [-0.2, -0.15) is 13.2 Å². The number of piperazine rings is 1. The SMILES string of the molecule is CNC(=O)N1CCN([C@@H](CN(c2ccc(Oc3ccc(C(F)(F)F)cc3)cc2)S(C)(=O)=O)C(=O)NO)CC1. The number of amides is 3. The highest BCUT2D eigenvalue weighted by atomic mass is 32.2. The summed E-state index contributed by atoms with van der Waals surface area (Å²) < 4.78 is 70.1. The smallest absolute Gasteiger partial charge is 0.416 e. The van der Waals surface area contributed by atoms with Crippen molar-refractivity contribution in [1.82, 2.24) is 20.6 Å². The highest BCUT2D eigenvalue weighted by Gasteiger charge is 2.34. The van der Waals surface area contributed by atoms with E-state index in [2.05, 4.69) is 5.32 Å². The average Bonchev–Trinajstić information content (AvgIpc) is 2.88. The molecule has 38 heavy (non-hydrogen) atoms. The van der Waals surface area contributed by atoms with Crippen molar-refractivity contribution in [3.63, 3.8) is 0 Å². The third kappa shape index (κ3) is 7.26. The Morgan fingerprint density at radius 1 is 1.03 bits per heavy atom. The van der Waals surface area contributed by atoms with Crippen molar-refractivity contribution < 1.29 is 41.1 Å². The molecule has 3 N–H and O–H groups in total. The molecule has 1 heterocycles. The number of rotatable bonds is 8. The Kier molecular flexibility index (Phi) is 9.06. The number of urea groups is 1. The van der Waals surface area contributed by atoms with Crippen LogP contribution in [0.25, 0.3) is 0 Å². The maximum absolute atomic E-state index is 12.8. The van der Waals surface area contributed by atoms with Gasteiger partial charge in [0.25, 0.3) is 5.91 Å². The van der Waals surface area contributed by atoms with E-state index in [9.17, 15) is 36.4 Å². The van der Waals surface area contributed by atoms with E-state index in [1.165, 1.54) is 43.4 Å². The molecule has 2 aromatic rings. The van der Waals surface area contributed by atoms with Crippen LogP contribution in [0.2, 0.25) is 0 Å². The van der Waals surface area contributed by atoms with E-state index >= 15 is 0 Å². The molecule has 3 amide bonds. The van der Waals surface area contributed by atoms with Crippen molar-refractivity contribution in [3.8, 4) is 11.5 Å². The highest BCUT2D eigenvalue weighted by Crippen LogP contribution is 2.32. The zero-order valence-corrected chi connectivity index (χ0v) is 21.4. The molecule has 15 heteroatoms. The first kappa shape index (κ1) is 29.0. The normalized spacial score (nSPS) is 15.5. The molecule has 0 bridgehead atoms. The van der Waals surface area contributed by atoms with Crippen LogP contribution in [0.15, 0.2) is 48.5 Å². The fourth-order valence-corrected chi connectivity index (χ4v) is 4.87. The number of alkyl halides is 3. The molecule has 1 aliphatic heterocycles. The number of ether oxygens (including phenoxy) is 1. The molecule has 1 aliphatic rings. The molecule has 0 radical (unpaired) electrons. The molecule has 11 nitrogen and oxygen atoms in total. The van der Waals surface area contributed by atoms with Gasteiger partial charge in [0.05, 0.1) is 24.1 Å². The molecule has 0 spiro atoms. The Bertz CT molecular complexity index is 1220. The lowest BCUT2D eigenvalue weighted by molar-refractivity contribution is -0.137. The number of nitrogens with zero attached hydrogens (tertiary/aromatic N) is 3. The fraction of sp³-hybridized carbons (Fsp3) is 0.391. The first-order valence-corrected chi connectivity index (χ1v) is 13.3. The van der Waals surface area contributed by atoms with E-state index in [0.717, 1.165) is 22.7 Å². The standard InChI is InChI=1S/C23H28F3N5O6S/c1-27-22(33)30-13-11-29(12-14-30)20(21(32)28-34)15-31(38(2,35)36)17-5-9-19(10-6-17)37-18-7-3-16(4-8-18)23(24,25)26/h3-10,20,34H,11-15H2,1-2H3,(H,27,33)(H,28,32)/t20-/m0/s1. The van der Waals surface area contributed by atoms with Crippen LogP contribution in [-0.4, -0.2) is 87.4 Å². The maximum Gasteiger partial charge on any atom is 0.416 e. The fourth-order valence-electron chi connectivity index (χ4n) is 3.95. The molecule has 1 fully saturated rings. The second-order valence-electron chi connectivity index (χ2n) is 8.48. The van der Waals surface area contributed by atoms with Crippen molar-refractivity contribution in [3.05, 3.63) is 54.1 Å². The molecule has 0 saturated carbocycles. The average molecular weight is 560 g/mol. The van der Waals surface area contributed by atoms with Gasteiger partial charge in [0, 0.05) is 33.2 Å². The lowest BCUT2D eigenvalue weighted by atomic mass is 10.2. The molecule has 0 aliphatic carbocycles. The minimum absolute atomic E-state index is 0.154. The van der Waals surface area contributed by atoms with Crippen LogP contribution in [0, 0.1) is 0 Å².